The Balaban J connectivity index is 1.80. The van der Waals surface area contributed by atoms with Crippen molar-refractivity contribution >= 4 is 44.5 Å². The van der Waals surface area contributed by atoms with E-state index in [9.17, 15) is 0 Å². The van der Waals surface area contributed by atoms with Gasteiger partial charge in [-0.25, -0.2) is 15.0 Å². The van der Waals surface area contributed by atoms with Gasteiger partial charge in [-0.1, -0.05) is 60.7 Å². The van der Waals surface area contributed by atoms with Crippen molar-refractivity contribution in [2.75, 3.05) is 0 Å². The summed E-state index contributed by atoms with van der Waals surface area (Å²) < 4.78 is 6.65. The lowest BCUT2D eigenvalue weighted by Crippen LogP contribution is -1.99. The Morgan fingerprint density at radius 1 is 0.654 bits per heavy atom. The maximum atomic E-state index is 5.99. The largest absolute Gasteiger partial charge is 0.456 e. The van der Waals surface area contributed by atoms with Crippen LogP contribution in [-0.4, -0.2) is 15.0 Å². The molecule has 5 aromatic rings. The molecule has 0 amide bonds. The molecule has 4 nitrogen and oxygen atoms in total. The van der Waals surface area contributed by atoms with E-state index in [1.807, 2.05) is 66.7 Å². The van der Waals surface area contributed by atoms with Crippen LogP contribution in [0.4, 0.5) is 0 Å². The first-order chi connectivity index (χ1) is 12.8. The van der Waals surface area contributed by atoms with Crippen LogP contribution in [0.5, 0.6) is 0 Å². The molecular weight excluding hydrogens is 437 g/mol. The van der Waals surface area contributed by atoms with Gasteiger partial charge in [-0.2, -0.15) is 0 Å². The number of fused-ring (bicyclic) bond motifs is 3. The van der Waals surface area contributed by atoms with E-state index in [-0.39, 0.29) is 0 Å². The zero-order chi connectivity index (χ0) is 17.5. The summed E-state index contributed by atoms with van der Waals surface area (Å²) in [6.07, 6.45) is 0. The molecule has 2 aromatic heterocycles. The predicted molar refractivity (Wildman–Crippen MR) is 111 cm³/mol. The average Bonchev–Trinajstić information content (AvgIpc) is 3.07. The van der Waals surface area contributed by atoms with E-state index < -0.39 is 0 Å². The summed E-state index contributed by atoms with van der Waals surface area (Å²) in [6, 6.07) is 24.0. The van der Waals surface area contributed by atoms with Gasteiger partial charge >= 0.3 is 0 Å². The van der Waals surface area contributed by atoms with Crippen molar-refractivity contribution in [1.82, 2.24) is 15.0 Å². The number of benzene rings is 3. The van der Waals surface area contributed by atoms with Crippen LogP contribution in [0.3, 0.4) is 0 Å². The molecule has 5 rings (SSSR count). The second kappa shape index (κ2) is 6.17. The second-order valence-electron chi connectivity index (χ2n) is 5.89. The first kappa shape index (κ1) is 15.5. The van der Waals surface area contributed by atoms with Crippen LogP contribution in [0.2, 0.25) is 0 Å². The molecule has 0 aliphatic carbocycles. The maximum absolute atomic E-state index is 5.99. The van der Waals surface area contributed by atoms with Crippen LogP contribution in [0.15, 0.2) is 77.2 Å². The standard InChI is InChI=1S/C21H12IN3O/c22-21-24-19(13-7-2-1-3-8-13)23-20(25-21)15-10-6-12-17-18(15)14-9-4-5-11-16(14)26-17/h1-12H. The minimum atomic E-state index is 0.653. The van der Waals surface area contributed by atoms with Crippen LogP contribution >= 0.6 is 22.6 Å². The molecule has 0 atom stereocenters. The lowest BCUT2D eigenvalue weighted by atomic mass is 10.1. The fraction of sp³-hybridized carbons (Fsp3) is 0. The topological polar surface area (TPSA) is 51.8 Å². The molecule has 124 valence electrons. The molecule has 0 spiro atoms. The fourth-order valence-corrected chi connectivity index (χ4v) is 3.60. The van der Waals surface area contributed by atoms with Crippen molar-refractivity contribution in [3.05, 3.63) is 76.6 Å². The van der Waals surface area contributed by atoms with Crippen molar-refractivity contribution in [3.63, 3.8) is 0 Å². The summed E-state index contributed by atoms with van der Waals surface area (Å²) in [7, 11) is 0. The monoisotopic (exact) mass is 449 g/mol. The number of hydrogen-bond acceptors (Lipinski definition) is 4. The third-order valence-corrected chi connectivity index (χ3v) is 4.77. The van der Waals surface area contributed by atoms with Crippen molar-refractivity contribution < 1.29 is 4.42 Å². The second-order valence-corrected chi connectivity index (χ2v) is 6.86. The van der Waals surface area contributed by atoms with Crippen molar-refractivity contribution in [1.29, 1.82) is 0 Å². The van der Waals surface area contributed by atoms with Crippen LogP contribution in [0.25, 0.3) is 44.7 Å². The number of para-hydroxylation sites is 1. The molecule has 5 heteroatoms. The van der Waals surface area contributed by atoms with Crippen LogP contribution in [-0.2, 0) is 0 Å². The highest BCUT2D eigenvalue weighted by Crippen LogP contribution is 2.35. The Morgan fingerprint density at radius 3 is 2.27 bits per heavy atom. The zero-order valence-corrected chi connectivity index (χ0v) is 15.7. The highest BCUT2D eigenvalue weighted by atomic mass is 127. The van der Waals surface area contributed by atoms with Gasteiger partial charge in [-0.3, -0.25) is 0 Å². The van der Waals surface area contributed by atoms with E-state index >= 15 is 0 Å². The van der Waals surface area contributed by atoms with Gasteiger partial charge < -0.3 is 4.42 Å². The van der Waals surface area contributed by atoms with Gasteiger partial charge in [0.2, 0.25) is 0 Å². The molecule has 0 saturated carbocycles. The van der Waals surface area contributed by atoms with E-state index in [2.05, 4.69) is 38.6 Å². The average molecular weight is 449 g/mol. The normalized spacial score (nSPS) is 11.3. The molecule has 0 aliphatic rings. The Bertz CT molecular complexity index is 1250. The van der Waals surface area contributed by atoms with Gasteiger partial charge in [0.15, 0.2) is 15.5 Å². The summed E-state index contributed by atoms with van der Waals surface area (Å²) in [5, 5.41) is 2.10. The Morgan fingerprint density at radius 2 is 1.38 bits per heavy atom. The summed E-state index contributed by atoms with van der Waals surface area (Å²) >= 11 is 2.14. The molecule has 3 aromatic carbocycles. The minimum Gasteiger partial charge on any atom is -0.456 e. The van der Waals surface area contributed by atoms with Gasteiger partial charge in [-0.15, -0.1) is 0 Å². The quantitative estimate of drug-likeness (QED) is 0.324. The highest BCUT2D eigenvalue weighted by molar-refractivity contribution is 14.1. The summed E-state index contributed by atoms with van der Waals surface area (Å²) in [5.41, 5.74) is 3.62. The number of hydrogen-bond donors (Lipinski definition) is 0. The molecule has 0 unspecified atom stereocenters. The third kappa shape index (κ3) is 2.55. The molecule has 0 saturated heterocycles. The smallest absolute Gasteiger partial charge is 0.194 e. The first-order valence-corrected chi connectivity index (χ1v) is 9.25. The lowest BCUT2D eigenvalue weighted by molar-refractivity contribution is 0.669. The van der Waals surface area contributed by atoms with E-state index in [1.165, 1.54) is 0 Å². The van der Waals surface area contributed by atoms with Crippen LogP contribution < -0.4 is 0 Å². The molecule has 2 heterocycles. The van der Waals surface area contributed by atoms with Gasteiger partial charge in [0.1, 0.15) is 11.2 Å². The summed E-state index contributed by atoms with van der Waals surface area (Å²) in [6.45, 7) is 0. The minimum absolute atomic E-state index is 0.653. The molecule has 0 N–H and O–H groups in total. The van der Waals surface area contributed by atoms with Gasteiger partial charge in [0, 0.05) is 44.5 Å². The summed E-state index contributed by atoms with van der Waals surface area (Å²) in [4.78, 5) is 13.8. The lowest BCUT2D eigenvalue weighted by Gasteiger charge is -2.06. The fourth-order valence-electron chi connectivity index (χ4n) is 3.15. The number of halogens is 1. The van der Waals surface area contributed by atoms with Gasteiger partial charge in [0.25, 0.3) is 0 Å². The Labute approximate surface area is 163 Å². The summed E-state index contributed by atoms with van der Waals surface area (Å²) in [5.74, 6) is 1.32. The van der Waals surface area contributed by atoms with Gasteiger partial charge in [0.05, 0.1) is 0 Å². The number of nitrogens with zero attached hydrogens (tertiary/aromatic N) is 3. The van der Waals surface area contributed by atoms with E-state index in [0.29, 0.717) is 15.5 Å². The van der Waals surface area contributed by atoms with Crippen LogP contribution in [0, 0.1) is 3.83 Å². The molecule has 0 fully saturated rings. The van der Waals surface area contributed by atoms with Crippen LogP contribution in [0.1, 0.15) is 0 Å². The first-order valence-electron chi connectivity index (χ1n) is 8.17. The third-order valence-electron chi connectivity index (χ3n) is 4.28. The Hall–Kier alpha value is -2.80. The van der Waals surface area contributed by atoms with E-state index in [1.54, 1.807) is 0 Å². The number of rotatable bonds is 2. The zero-order valence-electron chi connectivity index (χ0n) is 13.6. The van der Waals surface area contributed by atoms with Crippen molar-refractivity contribution in [2.45, 2.75) is 0 Å². The molecule has 0 aliphatic heterocycles. The van der Waals surface area contributed by atoms with Gasteiger partial charge in [-0.05, 0) is 12.1 Å². The predicted octanol–water partition coefficient (Wildman–Crippen LogP) is 5.71. The molecule has 0 radical (unpaired) electrons. The molecular formula is C21H12IN3O. The SMILES string of the molecule is Ic1nc(-c2ccccc2)nc(-c2cccc3oc4ccccc4c23)n1. The van der Waals surface area contributed by atoms with E-state index in [4.69, 9.17) is 9.40 Å². The molecule has 26 heavy (non-hydrogen) atoms. The maximum Gasteiger partial charge on any atom is 0.194 e. The Kier molecular flexibility index (Phi) is 3.67. The number of aromatic nitrogens is 3. The number of furan rings is 1. The van der Waals surface area contributed by atoms with Crippen molar-refractivity contribution in [2.24, 2.45) is 0 Å². The van der Waals surface area contributed by atoms with Crippen molar-refractivity contribution in [3.8, 4) is 22.8 Å². The molecule has 0 bridgehead atoms. The highest BCUT2D eigenvalue weighted by Gasteiger charge is 2.15. The van der Waals surface area contributed by atoms with E-state index in [0.717, 1.165) is 33.1 Å².